The summed E-state index contributed by atoms with van der Waals surface area (Å²) in [5.41, 5.74) is 2.87. The molecule has 0 bridgehead atoms. The molecule has 0 unspecified atom stereocenters. The Morgan fingerprint density at radius 2 is 2.10 bits per heavy atom. The number of carbonyl (C=O) groups is 2. The first-order valence-corrected chi connectivity index (χ1v) is 11.4. The van der Waals surface area contributed by atoms with E-state index in [0.717, 1.165) is 35.4 Å². The number of hydrogen-bond donors (Lipinski definition) is 2. The van der Waals surface area contributed by atoms with E-state index >= 15 is 0 Å². The predicted octanol–water partition coefficient (Wildman–Crippen LogP) is 5.01. The molecule has 0 radical (unpaired) electrons. The highest BCUT2D eigenvalue weighted by Gasteiger charge is 2.33. The number of nitrogens with one attached hydrogen (secondary N) is 2. The second-order valence-electron chi connectivity index (χ2n) is 7.55. The van der Waals surface area contributed by atoms with Gasteiger partial charge in [0.15, 0.2) is 0 Å². The summed E-state index contributed by atoms with van der Waals surface area (Å²) in [5.74, 6) is 0.718. The fourth-order valence-electron chi connectivity index (χ4n) is 3.94. The lowest BCUT2D eigenvalue weighted by Crippen LogP contribution is -2.38. The molecule has 2 aliphatic rings. The van der Waals surface area contributed by atoms with E-state index in [1.54, 1.807) is 29.5 Å². The number of amides is 1. The summed E-state index contributed by atoms with van der Waals surface area (Å²) in [6.07, 6.45) is 2.79. The van der Waals surface area contributed by atoms with Crippen molar-refractivity contribution >= 4 is 39.6 Å². The van der Waals surface area contributed by atoms with Gasteiger partial charge in [0.1, 0.15) is 21.8 Å². The Hall–Kier alpha value is -2.64. The first-order valence-electron chi connectivity index (χ1n) is 9.66. The highest BCUT2D eigenvalue weighted by molar-refractivity contribution is 7.16. The third-order valence-corrected chi connectivity index (χ3v) is 7.45. The lowest BCUT2D eigenvalue weighted by Gasteiger charge is -2.27. The Balaban J connectivity index is 1.39. The average Bonchev–Trinajstić information content (AvgIpc) is 3.35. The van der Waals surface area contributed by atoms with Crippen molar-refractivity contribution in [1.29, 1.82) is 0 Å². The maximum atomic E-state index is 12.9. The largest absolute Gasteiger partial charge is 0.422 e. The highest BCUT2D eigenvalue weighted by Crippen LogP contribution is 2.42. The molecule has 5 nitrogen and oxygen atoms in total. The molecular weight excluding hydrogens is 404 g/mol. The van der Waals surface area contributed by atoms with Gasteiger partial charge < -0.3 is 15.4 Å². The van der Waals surface area contributed by atoms with Crippen LogP contribution in [0.15, 0.2) is 41.8 Å². The second-order valence-corrected chi connectivity index (χ2v) is 9.60. The molecule has 0 saturated heterocycles. The van der Waals surface area contributed by atoms with Crippen LogP contribution in [0.1, 0.15) is 55.5 Å². The van der Waals surface area contributed by atoms with E-state index in [1.165, 1.54) is 21.8 Å². The zero-order chi connectivity index (χ0) is 20.0. The molecule has 0 saturated carbocycles. The van der Waals surface area contributed by atoms with Gasteiger partial charge in [-0.05, 0) is 59.9 Å². The number of carbonyl (C=O) groups excluding carboxylic acids is 2. The minimum Gasteiger partial charge on any atom is -0.422 e. The molecule has 2 atom stereocenters. The Kier molecular flexibility index (Phi) is 4.64. The fourth-order valence-corrected chi connectivity index (χ4v) is 5.97. The molecule has 7 heteroatoms. The van der Waals surface area contributed by atoms with Crippen molar-refractivity contribution < 1.29 is 14.3 Å². The Morgan fingerprint density at radius 1 is 1.21 bits per heavy atom. The molecule has 2 aromatic heterocycles. The first kappa shape index (κ1) is 18.4. The summed E-state index contributed by atoms with van der Waals surface area (Å²) in [6.45, 7) is 2.26. The van der Waals surface area contributed by atoms with Crippen LogP contribution in [-0.2, 0) is 12.8 Å². The molecule has 29 heavy (non-hydrogen) atoms. The van der Waals surface area contributed by atoms with Gasteiger partial charge in [0.2, 0.25) is 0 Å². The highest BCUT2D eigenvalue weighted by atomic mass is 32.1. The molecule has 0 fully saturated rings. The van der Waals surface area contributed by atoms with Gasteiger partial charge in [0.05, 0.1) is 5.56 Å². The lowest BCUT2D eigenvalue weighted by molar-refractivity contribution is 0.0739. The van der Waals surface area contributed by atoms with Crippen molar-refractivity contribution in [2.75, 3.05) is 5.32 Å². The summed E-state index contributed by atoms with van der Waals surface area (Å²) in [6, 6.07) is 10.8. The van der Waals surface area contributed by atoms with Crippen LogP contribution in [0.25, 0.3) is 0 Å². The molecule has 1 aliphatic heterocycles. The van der Waals surface area contributed by atoms with Crippen LogP contribution in [0, 0.1) is 5.92 Å². The zero-order valence-corrected chi connectivity index (χ0v) is 17.5. The van der Waals surface area contributed by atoms with E-state index in [4.69, 9.17) is 4.74 Å². The van der Waals surface area contributed by atoms with Gasteiger partial charge in [-0.25, -0.2) is 4.79 Å². The van der Waals surface area contributed by atoms with Gasteiger partial charge in [0.25, 0.3) is 5.91 Å². The Labute approximate surface area is 176 Å². The molecule has 5 rings (SSSR count). The minimum absolute atomic E-state index is 0.0308. The van der Waals surface area contributed by atoms with Crippen LogP contribution in [0.2, 0.25) is 0 Å². The molecule has 148 valence electrons. The van der Waals surface area contributed by atoms with Crippen molar-refractivity contribution in [2.45, 2.75) is 32.4 Å². The van der Waals surface area contributed by atoms with Gasteiger partial charge in [-0.3, -0.25) is 4.79 Å². The van der Waals surface area contributed by atoms with Crippen molar-refractivity contribution in [2.24, 2.45) is 5.92 Å². The van der Waals surface area contributed by atoms with Gasteiger partial charge in [0, 0.05) is 4.88 Å². The van der Waals surface area contributed by atoms with E-state index in [0.29, 0.717) is 16.5 Å². The van der Waals surface area contributed by atoms with E-state index in [2.05, 4.69) is 17.6 Å². The second kappa shape index (κ2) is 7.31. The van der Waals surface area contributed by atoms with Gasteiger partial charge >= 0.3 is 5.97 Å². The molecule has 3 heterocycles. The summed E-state index contributed by atoms with van der Waals surface area (Å²) in [7, 11) is 0. The topological polar surface area (TPSA) is 67.4 Å². The molecule has 1 aliphatic carbocycles. The monoisotopic (exact) mass is 424 g/mol. The number of benzene rings is 1. The van der Waals surface area contributed by atoms with Crippen molar-refractivity contribution in [3.8, 4) is 5.75 Å². The molecule has 0 spiro atoms. The van der Waals surface area contributed by atoms with E-state index in [1.807, 2.05) is 23.6 Å². The lowest BCUT2D eigenvalue weighted by atomic mass is 9.88. The normalized spacial score (nSPS) is 20.2. The van der Waals surface area contributed by atoms with E-state index < -0.39 is 0 Å². The van der Waals surface area contributed by atoms with Crippen LogP contribution in [0.4, 0.5) is 5.00 Å². The zero-order valence-electron chi connectivity index (χ0n) is 15.9. The molecule has 3 aromatic rings. The molecule has 1 aromatic carbocycles. The molecule has 1 amide bonds. The van der Waals surface area contributed by atoms with Crippen LogP contribution >= 0.6 is 22.7 Å². The minimum atomic E-state index is -0.375. The quantitative estimate of drug-likeness (QED) is 0.458. The third-order valence-electron chi connectivity index (χ3n) is 5.41. The van der Waals surface area contributed by atoms with Gasteiger partial charge in [-0.1, -0.05) is 25.1 Å². The van der Waals surface area contributed by atoms with Gasteiger partial charge in [-0.15, -0.1) is 22.7 Å². The fraction of sp³-hybridized carbons (Fsp3) is 0.273. The van der Waals surface area contributed by atoms with Crippen LogP contribution in [0.5, 0.6) is 5.75 Å². The summed E-state index contributed by atoms with van der Waals surface area (Å²) < 4.78 is 5.50. The number of fused-ring (bicyclic) bond motifs is 3. The van der Waals surface area contributed by atoms with Crippen LogP contribution in [-0.4, -0.2) is 11.9 Å². The summed E-state index contributed by atoms with van der Waals surface area (Å²) in [4.78, 5) is 27.0. The summed E-state index contributed by atoms with van der Waals surface area (Å²) >= 11 is 3.05. The number of thiophene rings is 2. The van der Waals surface area contributed by atoms with E-state index in [9.17, 15) is 9.59 Å². The Bertz CT molecular complexity index is 1090. The third kappa shape index (κ3) is 3.45. The predicted molar refractivity (Wildman–Crippen MR) is 115 cm³/mol. The number of ether oxygens (including phenoxy) is 1. The molecular formula is C22H20N2O3S2. The van der Waals surface area contributed by atoms with Crippen molar-refractivity contribution in [1.82, 2.24) is 5.32 Å². The standard InChI is InChI=1S/C22H20N2O3S2/c1-12-7-8-15-17(10-12)29-21-18(15)20(25)23-19(24-21)13-4-2-5-14(11-13)27-22(26)16-6-3-9-28-16/h2-6,9,11-12,19,24H,7-8,10H2,1H3,(H,23,25)/t12-,19-/m1/s1. The number of esters is 1. The van der Waals surface area contributed by atoms with E-state index in [-0.39, 0.29) is 18.0 Å². The SMILES string of the molecule is C[C@@H]1CCc2c(sc3c2C(=O)N[C@@H](c2cccc(OC(=O)c4cccs4)c2)N3)C1. The Morgan fingerprint density at radius 3 is 2.93 bits per heavy atom. The van der Waals surface area contributed by atoms with Crippen LogP contribution in [0.3, 0.4) is 0 Å². The maximum absolute atomic E-state index is 12.9. The molecule has 2 N–H and O–H groups in total. The summed E-state index contributed by atoms with van der Waals surface area (Å²) in [5, 5.41) is 9.32. The smallest absolute Gasteiger partial charge is 0.353 e. The van der Waals surface area contributed by atoms with Crippen molar-refractivity contribution in [3.63, 3.8) is 0 Å². The number of anilines is 1. The average molecular weight is 425 g/mol. The number of rotatable bonds is 3. The first-order chi connectivity index (χ1) is 14.1. The van der Waals surface area contributed by atoms with Crippen LogP contribution < -0.4 is 15.4 Å². The number of hydrogen-bond acceptors (Lipinski definition) is 6. The van der Waals surface area contributed by atoms with Crippen molar-refractivity contribution in [3.05, 3.63) is 68.2 Å². The van der Waals surface area contributed by atoms with Gasteiger partial charge in [-0.2, -0.15) is 0 Å². The maximum Gasteiger partial charge on any atom is 0.353 e.